The second-order valence-corrected chi connectivity index (χ2v) is 4.42. The highest BCUT2D eigenvalue weighted by Gasteiger charge is 2.39. The molecule has 2 atom stereocenters. The van der Waals surface area contributed by atoms with Gasteiger partial charge >= 0.3 is 6.18 Å². The molecule has 0 aliphatic carbocycles. The van der Waals surface area contributed by atoms with E-state index in [1.165, 1.54) is 0 Å². The fourth-order valence-corrected chi connectivity index (χ4v) is 1.90. The maximum atomic E-state index is 12.2. The largest absolute Gasteiger partial charge is 0.414 e. The second kappa shape index (κ2) is 5.19. The van der Waals surface area contributed by atoms with E-state index in [4.69, 9.17) is 5.11 Å². The molecule has 2 rings (SSSR count). The van der Waals surface area contributed by atoms with Crippen LogP contribution >= 0.6 is 0 Å². The van der Waals surface area contributed by atoms with Crippen molar-refractivity contribution < 1.29 is 23.4 Å². The number of fused-ring (bicyclic) bond motifs is 1. The van der Waals surface area contributed by atoms with Crippen LogP contribution in [-0.2, 0) is 0 Å². The van der Waals surface area contributed by atoms with Gasteiger partial charge in [-0.15, -0.1) is 0 Å². The number of halogens is 3. The maximum absolute atomic E-state index is 12.2. The van der Waals surface area contributed by atoms with Crippen molar-refractivity contribution >= 4 is 10.8 Å². The van der Waals surface area contributed by atoms with Crippen LogP contribution in [0.4, 0.5) is 13.2 Å². The van der Waals surface area contributed by atoms with E-state index < -0.39 is 24.8 Å². The van der Waals surface area contributed by atoms with Gasteiger partial charge in [-0.3, -0.25) is 0 Å². The topological polar surface area (TPSA) is 40.5 Å². The first-order chi connectivity index (χ1) is 8.88. The van der Waals surface area contributed by atoms with Crippen LogP contribution in [0.5, 0.6) is 0 Å². The molecule has 102 valence electrons. The average Bonchev–Trinajstić information content (AvgIpc) is 2.37. The number of benzene rings is 2. The summed E-state index contributed by atoms with van der Waals surface area (Å²) in [6.07, 6.45) is -9.34. The van der Waals surface area contributed by atoms with E-state index in [1.807, 2.05) is 24.3 Å². The Balaban J connectivity index is 2.19. The normalized spacial score (nSPS) is 15.4. The van der Waals surface area contributed by atoms with Crippen LogP contribution < -0.4 is 0 Å². The van der Waals surface area contributed by atoms with Crippen molar-refractivity contribution in [2.45, 2.75) is 24.8 Å². The lowest BCUT2D eigenvalue weighted by Gasteiger charge is -2.18. The molecule has 0 aliphatic heterocycles. The third-order valence-corrected chi connectivity index (χ3v) is 2.98. The number of rotatable bonds is 3. The van der Waals surface area contributed by atoms with E-state index in [1.54, 1.807) is 18.2 Å². The lowest BCUT2D eigenvalue weighted by Crippen LogP contribution is -2.30. The molecule has 0 bridgehead atoms. The molecule has 0 aliphatic rings. The summed E-state index contributed by atoms with van der Waals surface area (Å²) in [5, 5.41) is 20.5. The highest BCUT2D eigenvalue weighted by molar-refractivity contribution is 5.83. The molecule has 0 fully saturated rings. The first-order valence-corrected chi connectivity index (χ1v) is 5.79. The van der Waals surface area contributed by atoms with Crippen LogP contribution in [0.15, 0.2) is 42.5 Å². The Morgan fingerprint density at radius 1 is 0.947 bits per heavy atom. The minimum Gasteiger partial charge on any atom is -0.388 e. The molecule has 0 unspecified atom stereocenters. The first-order valence-electron chi connectivity index (χ1n) is 5.79. The predicted molar refractivity (Wildman–Crippen MR) is 65.6 cm³/mol. The molecule has 2 nitrogen and oxygen atoms in total. The Hall–Kier alpha value is -1.59. The van der Waals surface area contributed by atoms with Gasteiger partial charge < -0.3 is 10.2 Å². The number of aliphatic hydroxyl groups is 2. The minimum atomic E-state index is -4.71. The number of hydrogen-bond acceptors (Lipinski definition) is 2. The quantitative estimate of drug-likeness (QED) is 0.899. The monoisotopic (exact) mass is 270 g/mol. The molecule has 2 aromatic rings. The van der Waals surface area contributed by atoms with E-state index >= 15 is 0 Å². The van der Waals surface area contributed by atoms with Crippen molar-refractivity contribution in [2.24, 2.45) is 0 Å². The molecular formula is C14H13F3O2. The summed E-state index contributed by atoms with van der Waals surface area (Å²) in [6, 6.07) is 12.3. The van der Waals surface area contributed by atoms with Crippen molar-refractivity contribution in [2.75, 3.05) is 0 Å². The number of aliphatic hydroxyl groups excluding tert-OH is 2. The fourth-order valence-electron chi connectivity index (χ4n) is 1.90. The average molecular weight is 270 g/mol. The maximum Gasteiger partial charge on any atom is 0.414 e. The summed E-state index contributed by atoms with van der Waals surface area (Å²) in [4.78, 5) is 0. The van der Waals surface area contributed by atoms with Crippen LogP contribution in [0.25, 0.3) is 10.8 Å². The van der Waals surface area contributed by atoms with Crippen molar-refractivity contribution in [3.63, 3.8) is 0 Å². The smallest absolute Gasteiger partial charge is 0.388 e. The van der Waals surface area contributed by atoms with Crippen LogP contribution in [0.3, 0.4) is 0 Å². The number of hydrogen-bond donors (Lipinski definition) is 2. The van der Waals surface area contributed by atoms with Crippen molar-refractivity contribution in [1.82, 2.24) is 0 Å². The van der Waals surface area contributed by atoms with Gasteiger partial charge in [-0.2, -0.15) is 13.2 Å². The second-order valence-electron chi connectivity index (χ2n) is 4.42. The molecule has 0 amide bonds. The van der Waals surface area contributed by atoms with Gasteiger partial charge in [-0.1, -0.05) is 36.4 Å². The molecule has 0 saturated carbocycles. The molecule has 0 aromatic heterocycles. The summed E-state index contributed by atoms with van der Waals surface area (Å²) < 4.78 is 36.7. The molecule has 0 saturated heterocycles. The van der Waals surface area contributed by atoms with Gasteiger partial charge in [0, 0.05) is 6.42 Å². The summed E-state index contributed by atoms with van der Waals surface area (Å²) in [7, 11) is 0. The van der Waals surface area contributed by atoms with Gasteiger partial charge in [0.1, 0.15) is 0 Å². The van der Waals surface area contributed by atoms with E-state index in [9.17, 15) is 18.3 Å². The van der Waals surface area contributed by atoms with E-state index in [-0.39, 0.29) is 0 Å². The molecular weight excluding hydrogens is 257 g/mol. The van der Waals surface area contributed by atoms with E-state index in [0.29, 0.717) is 5.56 Å². The van der Waals surface area contributed by atoms with Crippen LogP contribution in [0, 0.1) is 0 Å². The van der Waals surface area contributed by atoms with Crippen LogP contribution in [-0.4, -0.2) is 22.5 Å². The Labute approximate surface area is 108 Å². The summed E-state index contributed by atoms with van der Waals surface area (Å²) in [6.45, 7) is 0. The minimum absolute atomic E-state index is 0.363. The fraction of sp³-hybridized carbons (Fsp3) is 0.286. The van der Waals surface area contributed by atoms with Crippen LogP contribution in [0.2, 0.25) is 0 Å². The van der Waals surface area contributed by atoms with Crippen molar-refractivity contribution in [3.05, 3.63) is 48.0 Å². The van der Waals surface area contributed by atoms with E-state index in [0.717, 1.165) is 10.8 Å². The SMILES string of the molecule is O[C@H](C[C@H](O)c1ccc2ccccc2c1)C(F)(F)F. The predicted octanol–water partition coefficient (Wildman–Crippen LogP) is 3.19. The van der Waals surface area contributed by atoms with Gasteiger partial charge in [-0.25, -0.2) is 0 Å². The highest BCUT2D eigenvalue weighted by Crippen LogP contribution is 2.29. The Morgan fingerprint density at radius 3 is 2.21 bits per heavy atom. The molecule has 2 aromatic carbocycles. The standard InChI is InChI=1S/C14H13F3O2/c15-14(16,17)13(19)8-12(18)11-6-5-9-3-1-2-4-10(9)7-11/h1-7,12-13,18-19H,8H2/t12-,13+/m0/s1. The van der Waals surface area contributed by atoms with Gasteiger partial charge in [0.15, 0.2) is 6.10 Å². The third-order valence-electron chi connectivity index (χ3n) is 2.98. The van der Waals surface area contributed by atoms with Crippen LogP contribution in [0.1, 0.15) is 18.1 Å². The highest BCUT2D eigenvalue weighted by atomic mass is 19.4. The van der Waals surface area contributed by atoms with Crippen molar-refractivity contribution in [3.8, 4) is 0 Å². The summed E-state index contributed by atoms with van der Waals surface area (Å²) >= 11 is 0. The zero-order chi connectivity index (χ0) is 14.0. The van der Waals surface area contributed by atoms with E-state index in [2.05, 4.69) is 0 Å². The number of alkyl halides is 3. The lowest BCUT2D eigenvalue weighted by atomic mass is 10.00. The molecule has 0 radical (unpaired) electrons. The van der Waals surface area contributed by atoms with Gasteiger partial charge in [0.25, 0.3) is 0 Å². The molecule has 0 spiro atoms. The summed E-state index contributed by atoms with van der Waals surface area (Å²) in [5.41, 5.74) is 0.363. The Kier molecular flexibility index (Phi) is 3.78. The zero-order valence-corrected chi connectivity index (χ0v) is 9.93. The Morgan fingerprint density at radius 2 is 1.58 bits per heavy atom. The summed E-state index contributed by atoms with van der Waals surface area (Å²) in [5.74, 6) is 0. The zero-order valence-electron chi connectivity index (χ0n) is 9.93. The first kappa shape index (κ1) is 13.8. The van der Waals surface area contributed by atoms with Gasteiger partial charge in [-0.05, 0) is 22.4 Å². The lowest BCUT2D eigenvalue weighted by molar-refractivity contribution is -0.211. The molecule has 19 heavy (non-hydrogen) atoms. The van der Waals surface area contributed by atoms with Crippen molar-refractivity contribution in [1.29, 1.82) is 0 Å². The van der Waals surface area contributed by atoms with Gasteiger partial charge in [0.05, 0.1) is 6.10 Å². The van der Waals surface area contributed by atoms with Gasteiger partial charge in [0.2, 0.25) is 0 Å². The Bertz CT molecular complexity index is 566. The molecule has 0 heterocycles. The molecule has 2 N–H and O–H groups in total. The third kappa shape index (κ3) is 3.24. The molecule has 5 heteroatoms.